The van der Waals surface area contributed by atoms with Gasteiger partial charge in [0.2, 0.25) is 5.91 Å². The fraction of sp³-hybridized carbons (Fsp3) is 0.807. The Morgan fingerprint density at radius 2 is 0.689 bits per heavy atom. The molecule has 0 saturated heterocycles. The maximum absolute atomic E-state index is 12.5. The highest BCUT2D eigenvalue weighted by Crippen LogP contribution is 2.16. The first-order valence-electron chi connectivity index (χ1n) is 27.0. The van der Waals surface area contributed by atoms with Gasteiger partial charge in [-0.05, 0) is 70.6 Å². The lowest BCUT2D eigenvalue weighted by Crippen LogP contribution is -2.45. The van der Waals surface area contributed by atoms with Crippen LogP contribution < -0.4 is 5.32 Å². The first-order chi connectivity index (χ1) is 30.2. The van der Waals surface area contributed by atoms with Crippen LogP contribution in [0.15, 0.2) is 60.8 Å². The van der Waals surface area contributed by atoms with E-state index in [1.54, 1.807) is 6.08 Å². The average molecular weight is 852 g/mol. The molecule has 0 aromatic heterocycles. The van der Waals surface area contributed by atoms with Crippen molar-refractivity contribution >= 4 is 5.91 Å². The van der Waals surface area contributed by atoms with Gasteiger partial charge in [-0.2, -0.15) is 0 Å². The maximum Gasteiger partial charge on any atom is 0.220 e. The third-order valence-electron chi connectivity index (χ3n) is 12.2. The van der Waals surface area contributed by atoms with Crippen LogP contribution in [0.3, 0.4) is 0 Å². The third kappa shape index (κ3) is 49.0. The number of hydrogen-bond donors (Lipinski definition) is 3. The summed E-state index contributed by atoms with van der Waals surface area (Å²) in [5, 5.41) is 23.1. The fourth-order valence-electron chi connectivity index (χ4n) is 8.09. The van der Waals surface area contributed by atoms with E-state index in [1.165, 1.54) is 212 Å². The van der Waals surface area contributed by atoms with Gasteiger partial charge in [-0.25, -0.2) is 0 Å². The van der Waals surface area contributed by atoms with Crippen molar-refractivity contribution in [2.75, 3.05) is 6.61 Å². The van der Waals surface area contributed by atoms with Gasteiger partial charge >= 0.3 is 0 Å². The fourth-order valence-corrected chi connectivity index (χ4v) is 8.09. The summed E-state index contributed by atoms with van der Waals surface area (Å²) in [4.78, 5) is 12.5. The lowest BCUT2D eigenvalue weighted by Gasteiger charge is -2.19. The normalized spacial score (nSPS) is 13.3. The summed E-state index contributed by atoms with van der Waals surface area (Å²) in [5.41, 5.74) is 0. The van der Waals surface area contributed by atoms with Crippen molar-refractivity contribution in [1.82, 2.24) is 5.32 Å². The molecular weight excluding hydrogens is 747 g/mol. The summed E-state index contributed by atoms with van der Waals surface area (Å²) in [6.07, 6.45) is 73.7. The molecule has 2 atom stereocenters. The number of rotatable bonds is 49. The minimum Gasteiger partial charge on any atom is -0.394 e. The van der Waals surface area contributed by atoms with Crippen molar-refractivity contribution in [1.29, 1.82) is 0 Å². The zero-order valence-electron chi connectivity index (χ0n) is 40.9. The highest BCUT2D eigenvalue weighted by Gasteiger charge is 2.17. The second-order valence-electron chi connectivity index (χ2n) is 18.3. The van der Waals surface area contributed by atoms with Gasteiger partial charge in [0.25, 0.3) is 0 Å². The van der Waals surface area contributed by atoms with E-state index in [0.717, 1.165) is 44.9 Å². The smallest absolute Gasteiger partial charge is 0.220 e. The minimum atomic E-state index is -0.864. The predicted octanol–water partition coefficient (Wildman–Crippen LogP) is 17.6. The van der Waals surface area contributed by atoms with Gasteiger partial charge in [-0.1, -0.05) is 261 Å². The van der Waals surface area contributed by atoms with Crippen LogP contribution in [0.25, 0.3) is 0 Å². The highest BCUT2D eigenvalue weighted by atomic mass is 16.3. The van der Waals surface area contributed by atoms with Gasteiger partial charge in [0.1, 0.15) is 0 Å². The minimum absolute atomic E-state index is 0.0735. The Kier molecular flexibility index (Phi) is 50.8. The van der Waals surface area contributed by atoms with Crippen molar-refractivity contribution in [2.45, 2.75) is 289 Å². The first kappa shape index (κ1) is 59.1. The lowest BCUT2D eigenvalue weighted by molar-refractivity contribution is -0.123. The zero-order valence-corrected chi connectivity index (χ0v) is 40.9. The molecule has 0 aliphatic rings. The number of nitrogens with one attached hydrogen (secondary N) is 1. The molecule has 0 aliphatic heterocycles. The van der Waals surface area contributed by atoms with Crippen LogP contribution in [0, 0.1) is 0 Å². The first-order valence-corrected chi connectivity index (χ1v) is 27.0. The molecule has 356 valence electrons. The number of amides is 1. The van der Waals surface area contributed by atoms with E-state index in [9.17, 15) is 15.0 Å². The van der Waals surface area contributed by atoms with Crippen molar-refractivity contribution < 1.29 is 15.0 Å². The molecule has 0 saturated carbocycles. The Bertz CT molecular complexity index is 1010. The van der Waals surface area contributed by atoms with E-state index in [2.05, 4.69) is 67.8 Å². The molecule has 61 heavy (non-hydrogen) atoms. The second kappa shape index (κ2) is 52.4. The Balaban J connectivity index is 3.54. The summed E-state index contributed by atoms with van der Waals surface area (Å²) in [5.74, 6) is -0.0735. The van der Waals surface area contributed by atoms with Gasteiger partial charge < -0.3 is 15.5 Å². The van der Waals surface area contributed by atoms with Crippen LogP contribution >= 0.6 is 0 Å². The molecule has 0 heterocycles. The summed E-state index contributed by atoms with van der Waals surface area (Å²) in [6.45, 7) is 4.30. The number of aliphatic hydroxyl groups is 2. The summed E-state index contributed by atoms with van der Waals surface area (Å²) in [7, 11) is 0. The molecule has 2 unspecified atom stereocenters. The monoisotopic (exact) mass is 852 g/mol. The van der Waals surface area contributed by atoms with Gasteiger partial charge in [0.15, 0.2) is 0 Å². The van der Waals surface area contributed by atoms with Gasteiger partial charge in [0.05, 0.1) is 18.8 Å². The number of hydrogen-bond acceptors (Lipinski definition) is 3. The van der Waals surface area contributed by atoms with E-state index in [0.29, 0.717) is 6.42 Å². The largest absolute Gasteiger partial charge is 0.394 e. The van der Waals surface area contributed by atoms with Crippen LogP contribution in [-0.4, -0.2) is 34.9 Å². The summed E-state index contributed by atoms with van der Waals surface area (Å²) < 4.78 is 0. The molecule has 4 heteroatoms. The molecule has 4 nitrogen and oxygen atoms in total. The molecule has 0 aromatic carbocycles. The Hall–Kier alpha value is -1.91. The van der Waals surface area contributed by atoms with E-state index in [1.807, 2.05) is 6.08 Å². The van der Waals surface area contributed by atoms with Crippen molar-refractivity contribution in [2.24, 2.45) is 0 Å². The molecule has 0 rings (SSSR count). The van der Waals surface area contributed by atoms with E-state index in [-0.39, 0.29) is 12.5 Å². The Morgan fingerprint density at radius 3 is 1.07 bits per heavy atom. The van der Waals surface area contributed by atoms with E-state index < -0.39 is 12.1 Å². The number of aliphatic hydroxyl groups excluding tert-OH is 2. The SMILES string of the molecule is CCCCCCC/C=C\C/C=C\C/C=C\CCCCCCCCCCCCCCCCC(=O)NC(CO)C(O)/C=C/CC/C=C/CCCCCCCCCCCCCCCC. The number of carbonyl (C=O) groups excluding carboxylic acids is 1. The highest BCUT2D eigenvalue weighted by molar-refractivity contribution is 5.76. The Labute approximate surface area is 381 Å². The van der Waals surface area contributed by atoms with Crippen LogP contribution in [0.2, 0.25) is 0 Å². The van der Waals surface area contributed by atoms with E-state index in [4.69, 9.17) is 0 Å². The van der Waals surface area contributed by atoms with Crippen molar-refractivity contribution in [3.63, 3.8) is 0 Å². The number of allylic oxidation sites excluding steroid dienone is 9. The second-order valence-corrected chi connectivity index (χ2v) is 18.3. The molecule has 0 aromatic rings. The maximum atomic E-state index is 12.5. The molecule has 0 aliphatic carbocycles. The lowest BCUT2D eigenvalue weighted by atomic mass is 10.0. The zero-order chi connectivity index (χ0) is 44.2. The van der Waals surface area contributed by atoms with Crippen molar-refractivity contribution in [3.05, 3.63) is 60.8 Å². The van der Waals surface area contributed by atoms with E-state index >= 15 is 0 Å². The topological polar surface area (TPSA) is 69.6 Å². The summed E-state index contributed by atoms with van der Waals surface area (Å²) in [6, 6.07) is -0.641. The van der Waals surface area contributed by atoms with Crippen molar-refractivity contribution in [3.8, 4) is 0 Å². The summed E-state index contributed by atoms with van der Waals surface area (Å²) >= 11 is 0. The van der Waals surface area contributed by atoms with Gasteiger partial charge in [0, 0.05) is 6.42 Å². The van der Waals surface area contributed by atoms with Crippen LogP contribution in [0.5, 0.6) is 0 Å². The Morgan fingerprint density at radius 1 is 0.393 bits per heavy atom. The standard InChI is InChI=1S/C57H105NO3/c1-3-5-7-9-11-13-15-17-19-21-23-25-26-27-28-29-30-31-32-33-35-37-39-41-43-45-47-49-51-53-57(61)58-55(54-59)56(60)52-50-48-46-44-42-40-38-36-34-24-22-20-18-16-14-12-10-8-6-4-2/h15,17,21,23,26-27,42,44,50,52,55-56,59-60H,3-14,16,18-20,22,24-25,28-41,43,45-49,51,53-54H2,1-2H3,(H,58,61)/b17-15-,23-21-,27-26-,44-42+,52-50+. The molecule has 0 fully saturated rings. The third-order valence-corrected chi connectivity index (χ3v) is 12.2. The quantitative estimate of drug-likeness (QED) is 0.0422. The average Bonchev–Trinajstić information content (AvgIpc) is 3.26. The van der Waals surface area contributed by atoms with Gasteiger partial charge in [-0.15, -0.1) is 0 Å². The molecule has 3 N–H and O–H groups in total. The van der Waals surface area contributed by atoms with Crippen LogP contribution in [0.4, 0.5) is 0 Å². The number of unbranched alkanes of at least 4 members (excludes halogenated alkanes) is 34. The van der Waals surface area contributed by atoms with Crippen LogP contribution in [-0.2, 0) is 4.79 Å². The molecule has 0 spiro atoms. The number of carbonyl (C=O) groups is 1. The predicted molar refractivity (Wildman–Crippen MR) is 271 cm³/mol. The van der Waals surface area contributed by atoms with Crippen LogP contribution in [0.1, 0.15) is 277 Å². The van der Waals surface area contributed by atoms with Gasteiger partial charge in [-0.3, -0.25) is 4.79 Å². The molecular formula is C57H105NO3. The molecule has 0 bridgehead atoms. The molecule has 1 amide bonds. The molecule has 0 radical (unpaired) electrons.